The third-order valence-corrected chi connectivity index (χ3v) is 4.06. The summed E-state index contributed by atoms with van der Waals surface area (Å²) in [5.74, 6) is 5.71. The molecule has 0 saturated carbocycles. The number of nitrogens with one attached hydrogen (secondary N) is 1. The van der Waals surface area contributed by atoms with Crippen molar-refractivity contribution < 1.29 is 4.74 Å². The van der Waals surface area contributed by atoms with Gasteiger partial charge in [-0.05, 0) is 55.7 Å². The van der Waals surface area contributed by atoms with Crippen molar-refractivity contribution in [2.24, 2.45) is 5.84 Å². The van der Waals surface area contributed by atoms with Gasteiger partial charge < -0.3 is 4.74 Å². The van der Waals surface area contributed by atoms with Gasteiger partial charge in [-0.2, -0.15) is 0 Å². The number of rotatable bonds is 7. The van der Waals surface area contributed by atoms with Gasteiger partial charge in [0.2, 0.25) is 0 Å². The maximum Gasteiger partial charge on any atom is 0.0741 e. The van der Waals surface area contributed by atoms with Crippen LogP contribution in [0.5, 0.6) is 0 Å². The topological polar surface area (TPSA) is 47.3 Å². The molecule has 19 heavy (non-hydrogen) atoms. The van der Waals surface area contributed by atoms with E-state index in [4.69, 9.17) is 10.6 Å². The van der Waals surface area contributed by atoms with Crippen molar-refractivity contribution in [1.29, 1.82) is 0 Å². The van der Waals surface area contributed by atoms with Gasteiger partial charge in [0.15, 0.2) is 0 Å². The summed E-state index contributed by atoms with van der Waals surface area (Å²) in [5.41, 5.74) is 7.34. The monoisotopic (exact) mass is 262 g/mol. The van der Waals surface area contributed by atoms with Gasteiger partial charge in [-0.25, -0.2) is 0 Å². The van der Waals surface area contributed by atoms with E-state index in [0.29, 0.717) is 0 Å². The Balaban J connectivity index is 2.05. The van der Waals surface area contributed by atoms with Crippen LogP contribution in [0.1, 0.15) is 43.4 Å². The van der Waals surface area contributed by atoms with Crippen LogP contribution in [0.3, 0.4) is 0 Å². The van der Waals surface area contributed by atoms with E-state index in [9.17, 15) is 0 Å². The van der Waals surface area contributed by atoms with Crippen molar-refractivity contribution in [3.8, 4) is 0 Å². The lowest BCUT2D eigenvalue weighted by atomic mass is 9.97. The Hall–Kier alpha value is -0.900. The highest BCUT2D eigenvalue weighted by Gasteiger charge is 2.20. The number of benzene rings is 1. The molecule has 3 nitrogen and oxygen atoms in total. The van der Waals surface area contributed by atoms with Crippen molar-refractivity contribution >= 4 is 0 Å². The highest BCUT2D eigenvalue weighted by molar-refractivity contribution is 5.35. The van der Waals surface area contributed by atoms with Crippen LogP contribution in [0.4, 0.5) is 0 Å². The first-order chi connectivity index (χ1) is 9.28. The van der Waals surface area contributed by atoms with Crippen molar-refractivity contribution in [1.82, 2.24) is 5.43 Å². The van der Waals surface area contributed by atoms with Gasteiger partial charge in [-0.3, -0.25) is 11.3 Å². The number of fused-ring (bicyclic) bond motifs is 1. The molecular weight excluding hydrogens is 236 g/mol. The zero-order valence-electron chi connectivity index (χ0n) is 12.1. The summed E-state index contributed by atoms with van der Waals surface area (Å²) in [7, 11) is 0. The summed E-state index contributed by atoms with van der Waals surface area (Å²) in [6, 6.07) is 7.06. The van der Waals surface area contributed by atoms with E-state index in [1.165, 1.54) is 36.0 Å². The first-order valence-corrected chi connectivity index (χ1v) is 7.46. The van der Waals surface area contributed by atoms with Crippen molar-refractivity contribution in [2.75, 3.05) is 6.61 Å². The summed E-state index contributed by atoms with van der Waals surface area (Å²) >= 11 is 0. The maximum atomic E-state index is 5.77. The smallest absolute Gasteiger partial charge is 0.0741 e. The van der Waals surface area contributed by atoms with Gasteiger partial charge in [-0.15, -0.1) is 0 Å². The Morgan fingerprint density at radius 3 is 2.74 bits per heavy atom. The molecule has 0 radical (unpaired) electrons. The Kier molecular flexibility index (Phi) is 5.37. The predicted octanol–water partition coefficient (Wildman–Crippen LogP) is 2.36. The molecular formula is C16H26N2O. The molecule has 0 spiro atoms. The van der Waals surface area contributed by atoms with E-state index in [2.05, 4.69) is 30.5 Å². The van der Waals surface area contributed by atoms with Crippen molar-refractivity contribution in [3.05, 3.63) is 34.9 Å². The molecule has 2 unspecified atom stereocenters. The number of ether oxygens (including phenoxy) is 1. The summed E-state index contributed by atoms with van der Waals surface area (Å²) in [5, 5.41) is 0. The fourth-order valence-corrected chi connectivity index (χ4v) is 3.04. The molecule has 3 heteroatoms. The summed E-state index contributed by atoms with van der Waals surface area (Å²) < 4.78 is 5.77. The van der Waals surface area contributed by atoms with Crippen LogP contribution >= 0.6 is 0 Å². The second kappa shape index (κ2) is 7.04. The fraction of sp³-hybridized carbons (Fsp3) is 0.625. The van der Waals surface area contributed by atoms with Gasteiger partial charge in [0.1, 0.15) is 0 Å². The zero-order valence-corrected chi connectivity index (χ0v) is 12.1. The van der Waals surface area contributed by atoms with E-state index in [-0.39, 0.29) is 12.1 Å². The molecule has 3 N–H and O–H groups in total. The van der Waals surface area contributed by atoms with E-state index in [1.807, 2.05) is 6.92 Å². The molecule has 0 fully saturated rings. The minimum atomic E-state index is 0.184. The molecule has 0 aliphatic heterocycles. The van der Waals surface area contributed by atoms with Gasteiger partial charge in [0, 0.05) is 6.61 Å². The average molecular weight is 262 g/mol. The Bertz CT molecular complexity index is 406. The molecule has 2 rings (SSSR count). The normalized spacial score (nSPS) is 17.2. The highest BCUT2D eigenvalue weighted by atomic mass is 16.5. The third-order valence-electron chi connectivity index (χ3n) is 4.06. The van der Waals surface area contributed by atoms with Crippen LogP contribution in [0.15, 0.2) is 18.2 Å². The number of hydrazine groups is 1. The predicted molar refractivity (Wildman–Crippen MR) is 79.0 cm³/mol. The van der Waals surface area contributed by atoms with E-state index >= 15 is 0 Å². The van der Waals surface area contributed by atoms with Crippen LogP contribution in [-0.2, 0) is 24.0 Å². The quantitative estimate of drug-likeness (QED) is 0.586. The summed E-state index contributed by atoms with van der Waals surface area (Å²) in [6.45, 7) is 4.92. The van der Waals surface area contributed by atoms with Crippen LogP contribution in [0.25, 0.3) is 0 Å². The van der Waals surface area contributed by atoms with Crippen molar-refractivity contribution in [3.63, 3.8) is 0 Å². The second-order valence-corrected chi connectivity index (χ2v) is 5.34. The van der Waals surface area contributed by atoms with Crippen LogP contribution in [0.2, 0.25) is 0 Å². The molecule has 0 bridgehead atoms. The molecule has 0 saturated heterocycles. The van der Waals surface area contributed by atoms with E-state index < -0.39 is 0 Å². The Morgan fingerprint density at radius 1 is 1.26 bits per heavy atom. The molecule has 1 aromatic rings. The Morgan fingerprint density at radius 2 is 2.05 bits per heavy atom. The SMILES string of the molecule is CCOC(CC)C(Cc1ccc2c(c1)CCC2)NN. The third kappa shape index (κ3) is 3.56. The number of hydrogen-bond acceptors (Lipinski definition) is 3. The molecule has 0 amide bonds. The lowest BCUT2D eigenvalue weighted by Crippen LogP contribution is -2.46. The number of aryl methyl sites for hydroxylation is 2. The fourth-order valence-electron chi connectivity index (χ4n) is 3.04. The van der Waals surface area contributed by atoms with Gasteiger partial charge in [-0.1, -0.05) is 25.1 Å². The first-order valence-electron chi connectivity index (χ1n) is 7.46. The highest BCUT2D eigenvalue weighted by Crippen LogP contribution is 2.23. The summed E-state index contributed by atoms with van der Waals surface area (Å²) in [6.07, 6.45) is 5.87. The summed E-state index contributed by atoms with van der Waals surface area (Å²) in [4.78, 5) is 0. The molecule has 0 aromatic heterocycles. The molecule has 0 heterocycles. The largest absolute Gasteiger partial charge is 0.377 e. The number of hydrogen-bond donors (Lipinski definition) is 2. The molecule has 2 atom stereocenters. The molecule has 106 valence electrons. The van der Waals surface area contributed by atoms with E-state index in [1.54, 1.807) is 0 Å². The molecule has 1 aliphatic carbocycles. The number of nitrogens with two attached hydrogens (primary N) is 1. The van der Waals surface area contributed by atoms with E-state index in [0.717, 1.165) is 19.4 Å². The van der Waals surface area contributed by atoms with Gasteiger partial charge >= 0.3 is 0 Å². The standard InChI is InChI=1S/C16H26N2O/c1-3-16(19-4-2)15(18-17)11-12-8-9-13-6-5-7-14(13)10-12/h8-10,15-16,18H,3-7,11,17H2,1-2H3. The maximum absolute atomic E-state index is 5.77. The van der Waals surface area contributed by atoms with Gasteiger partial charge in [0.25, 0.3) is 0 Å². The zero-order chi connectivity index (χ0) is 13.7. The minimum Gasteiger partial charge on any atom is -0.377 e. The minimum absolute atomic E-state index is 0.184. The van der Waals surface area contributed by atoms with Crippen LogP contribution in [-0.4, -0.2) is 18.8 Å². The van der Waals surface area contributed by atoms with Crippen LogP contribution < -0.4 is 11.3 Å². The van der Waals surface area contributed by atoms with Crippen molar-refractivity contribution in [2.45, 2.75) is 58.1 Å². The first kappa shape index (κ1) is 14.5. The van der Waals surface area contributed by atoms with Gasteiger partial charge in [0.05, 0.1) is 12.1 Å². The lowest BCUT2D eigenvalue weighted by molar-refractivity contribution is 0.0319. The average Bonchev–Trinajstić information content (AvgIpc) is 2.90. The molecule has 1 aromatic carbocycles. The Labute approximate surface area is 116 Å². The molecule has 1 aliphatic rings. The lowest BCUT2D eigenvalue weighted by Gasteiger charge is -2.25. The van der Waals surface area contributed by atoms with Crippen LogP contribution in [0, 0.1) is 0 Å². The second-order valence-electron chi connectivity index (χ2n) is 5.34.